The molecule has 4 aliphatic carbocycles. The fourth-order valence-electron chi connectivity index (χ4n) is 6.44. The number of allylic oxidation sites excluding steroid dienone is 4. The second kappa shape index (κ2) is 4.40. The summed E-state index contributed by atoms with van der Waals surface area (Å²) in [6.45, 7) is 7.47. The molecule has 0 spiro atoms. The van der Waals surface area contributed by atoms with Gasteiger partial charge in [-0.1, -0.05) is 38.5 Å². The number of nitrogens with two attached hydrogens (primary N) is 1. The zero-order valence-corrected chi connectivity index (χ0v) is 14.0. The first-order valence-electron chi connectivity index (χ1n) is 9.11. The molecule has 0 aromatic rings. The maximum Gasteiger partial charge on any atom is 0.0103 e. The number of rotatable bonds is 0. The molecule has 0 saturated heterocycles. The van der Waals surface area contributed by atoms with E-state index in [0.29, 0.717) is 10.8 Å². The minimum atomic E-state index is 0.310. The first kappa shape index (κ1) is 13.9. The van der Waals surface area contributed by atoms with Gasteiger partial charge in [-0.15, -0.1) is 0 Å². The maximum absolute atomic E-state index is 6.37. The van der Waals surface area contributed by atoms with Crippen LogP contribution in [-0.2, 0) is 0 Å². The van der Waals surface area contributed by atoms with Gasteiger partial charge in [-0.3, -0.25) is 0 Å². The third kappa shape index (κ3) is 1.75. The average Bonchev–Trinajstić information content (AvgIpc) is 2.76. The molecular formula is C20H31N. The predicted molar refractivity (Wildman–Crippen MR) is 88.5 cm³/mol. The van der Waals surface area contributed by atoms with Gasteiger partial charge in [0.15, 0.2) is 0 Å². The zero-order valence-electron chi connectivity index (χ0n) is 14.0. The summed E-state index contributed by atoms with van der Waals surface area (Å²) in [7, 11) is 0. The molecule has 0 heterocycles. The first-order valence-corrected chi connectivity index (χ1v) is 9.11. The van der Waals surface area contributed by atoms with Crippen molar-refractivity contribution in [2.75, 3.05) is 0 Å². The van der Waals surface area contributed by atoms with Crippen LogP contribution in [0.4, 0.5) is 0 Å². The highest BCUT2D eigenvalue weighted by atomic mass is 14.7. The van der Waals surface area contributed by atoms with E-state index in [-0.39, 0.29) is 0 Å². The van der Waals surface area contributed by atoms with Gasteiger partial charge in [0.25, 0.3) is 0 Å². The molecule has 116 valence electrons. The molecule has 0 aromatic carbocycles. The minimum Gasteiger partial charge on any atom is -0.402 e. The number of hydrogen-bond acceptors (Lipinski definition) is 1. The van der Waals surface area contributed by atoms with Gasteiger partial charge >= 0.3 is 0 Å². The molecule has 1 nitrogen and oxygen atoms in total. The van der Waals surface area contributed by atoms with E-state index in [2.05, 4.69) is 32.9 Å². The molecule has 2 fully saturated rings. The van der Waals surface area contributed by atoms with Gasteiger partial charge in [0.05, 0.1) is 0 Å². The monoisotopic (exact) mass is 285 g/mol. The van der Waals surface area contributed by atoms with Gasteiger partial charge in [-0.2, -0.15) is 0 Å². The Morgan fingerprint density at radius 1 is 1.00 bits per heavy atom. The van der Waals surface area contributed by atoms with Crippen LogP contribution in [0.3, 0.4) is 0 Å². The summed E-state index contributed by atoms with van der Waals surface area (Å²) in [4.78, 5) is 0. The summed E-state index contributed by atoms with van der Waals surface area (Å²) in [6, 6.07) is 0. The van der Waals surface area contributed by atoms with Crippen LogP contribution >= 0.6 is 0 Å². The molecule has 21 heavy (non-hydrogen) atoms. The fraction of sp³-hybridized carbons (Fsp3) is 0.800. The lowest BCUT2D eigenvalue weighted by molar-refractivity contribution is -0.0207. The number of fused-ring (bicyclic) bond motifs is 5. The Kier molecular flexibility index (Phi) is 2.91. The van der Waals surface area contributed by atoms with E-state index in [9.17, 15) is 0 Å². The minimum absolute atomic E-state index is 0.310. The van der Waals surface area contributed by atoms with Crippen LogP contribution in [0.2, 0.25) is 0 Å². The summed E-state index contributed by atoms with van der Waals surface area (Å²) >= 11 is 0. The van der Waals surface area contributed by atoms with Crippen molar-refractivity contribution in [3.8, 4) is 0 Å². The summed E-state index contributed by atoms with van der Waals surface area (Å²) in [5.41, 5.74) is 10.2. The van der Waals surface area contributed by atoms with Crippen LogP contribution in [0.5, 0.6) is 0 Å². The van der Waals surface area contributed by atoms with Crippen molar-refractivity contribution in [3.63, 3.8) is 0 Å². The Morgan fingerprint density at radius 3 is 2.57 bits per heavy atom. The van der Waals surface area contributed by atoms with Crippen LogP contribution in [0.1, 0.15) is 65.7 Å². The summed E-state index contributed by atoms with van der Waals surface area (Å²) in [5.74, 6) is 3.51. The van der Waals surface area contributed by atoms with Gasteiger partial charge in [0.2, 0.25) is 0 Å². The first-order chi connectivity index (χ1) is 9.95. The topological polar surface area (TPSA) is 26.0 Å². The molecule has 2 saturated carbocycles. The lowest BCUT2D eigenvalue weighted by atomic mass is 9.47. The smallest absolute Gasteiger partial charge is 0.0103 e. The van der Waals surface area contributed by atoms with Crippen LogP contribution in [0.15, 0.2) is 23.4 Å². The third-order valence-electron chi connectivity index (χ3n) is 7.99. The van der Waals surface area contributed by atoms with E-state index in [4.69, 9.17) is 5.73 Å². The highest BCUT2D eigenvalue weighted by Gasteiger charge is 2.56. The molecule has 2 N–H and O–H groups in total. The largest absolute Gasteiger partial charge is 0.402 e. The standard InChI is InChI=1S/C20H31N/c1-13-8-10-19(2)14(12-13)4-5-15-16-6-7-18(21)20(16,3)11-9-17(15)19/h4,7,13,15-17H,5-6,8-12,21H2,1-3H3/t13-,15?,16?,17?,19-,20-/m0/s1. The molecule has 0 radical (unpaired) electrons. The van der Waals surface area contributed by atoms with E-state index < -0.39 is 0 Å². The molecule has 0 amide bonds. The van der Waals surface area contributed by atoms with Gasteiger partial charge < -0.3 is 5.73 Å². The predicted octanol–water partition coefficient (Wildman–Crippen LogP) is 5.04. The third-order valence-corrected chi connectivity index (χ3v) is 7.99. The van der Waals surface area contributed by atoms with E-state index in [1.165, 1.54) is 50.6 Å². The lowest BCUT2D eigenvalue weighted by Crippen LogP contribution is -2.50. The Morgan fingerprint density at radius 2 is 1.76 bits per heavy atom. The lowest BCUT2D eigenvalue weighted by Gasteiger charge is -2.57. The molecule has 4 aliphatic rings. The van der Waals surface area contributed by atoms with Gasteiger partial charge in [0.1, 0.15) is 0 Å². The van der Waals surface area contributed by atoms with E-state index >= 15 is 0 Å². The highest BCUT2D eigenvalue weighted by molar-refractivity contribution is 5.28. The quantitative estimate of drug-likeness (QED) is 0.620. The Balaban J connectivity index is 1.68. The summed E-state index contributed by atoms with van der Waals surface area (Å²) in [5, 5.41) is 0. The van der Waals surface area contributed by atoms with Crippen LogP contribution in [-0.4, -0.2) is 0 Å². The molecular weight excluding hydrogens is 254 g/mol. The Labute approximate surface area is 130 Å². The van der Waals surface area contributed by atoms with Crippen LogP contribution in [0.25, 0.3) is 0 Å². The summed E-state index contributed by atoms with van der Waals surface area (Å²) < 4.78 is 0. The van der Waals surface area contributed by atoms with Gasteiger partial charge in [-0.05, 0) is 74.0 Å². The second-order valence-electron chi connectivity index (χ2n) is 8.96. The Bertz CT molecular complexity index is 516. The summed E-state index contributed by atoms with van der Waals surface area (Å²) in [6.07, 6.45) is 14.5. The van der Waals surface area contributed by atoms with Gasteiger partial charge in [-0.25, -0.2) is 0 Å². The molecule has 3 unspecified atom stereocenters. The maximum atomic E-state index is 6.37. The normalized spacial score (nSPS) is 52.3. The van der Waals surface area contributed by atoms with Crippen molar-refractivity contribution in [3.05, 3.63) is 23.4 Å². The van der Waals surface area contributed by atoms with Crippen molar-refractivity contribution in [1.29, 1.82) is 0 Å². The Hall–Kier alpha value is -0.720. The van der Waals surface area contributed by atoms with Crippen LogP contribution < -0.4 is 5.73 Å². The molecule has 6 atom stereocenters. The highest BCUT2D eigenvalue weighted by Crippen LogP contribution is 2.64. The zero-order chi connectivity index (χ0) is 14.8. The molecule has 0 aromatic heterocycles. The second-order valence-corrected chi connectivity index (χ2v) is 8.96. The van der Waals surface area contributed by atoms with Gasteiger partial charge in [0, 0.05) is 11.1 Å². The number of hydrogen-bond donors (Lipinski definition) is 1. The average molecular weight is 285 g/mol. The molecule has 1 heteroatoms. The van der Waals surface area contributed by atoms with Crippen molar-refractivity contribution in [1.82, 2.24) is 0 Å². The van der Waals surface area contributed by atoms with E-state index in [1.807, 2.05) is 5.57 Å². The molecule has 4 rings (SSSR count). The van der Waals surface area contributed by atoms with Crippen molar-refractivity contribution >= 4 is 0 Å². The van der Waals surface area contributed by atoms with Crippen molar-refractivity contribution in [2.45, 2.75) is 65.7 Å². The fourth-order valence-corrected chi connectivity index (χ4v) is 6.44. The van der Waals surface area contributed by atoms with Crippen molar-refractivity contribution in [2.24, 2.45) is 40.2 Å². The molecule has 0 aliphatic heterocycles. The molecule has 0 bridgehead atoms. The van der Waals surface area contributed by atoms with Crippen molar-refractivity contribution < 1.29 is 0 Å². The van der Waals surface area contributed by atoms with Crippen LogP contribution in [0, 0.1) is 34.5 Å². The SMILES string of the molecule is C[C@H]1CC[C@@]2(C)C(=CCC3C2CC[C@]2(C)C(N)=CCC32)C1. The van der Waals surface area contributed by atoms with E-state index in [1.54, 1.807) is 0 Å². The van der Waals surface area contributed by atoms with E-state index in [0.717, 1.165) is 23.7 Å².